The van der Waals surface area contributed by atoms with Crippen molar-refractivity contribution in [2.45, 2.75) is 11.8 Å². The molecular formula is C16H15ClFNO2S. The number of carbonyl (C=O) groups is 1. The first-order valence-corrected chi connectivity index (χ1v) is 8.06. The van der Waals surface area contributed by atoms with E-state index in [1.807, 2.05) is 19.1 Å². The van der Waals surface area contributed by atoms with Gasteiger partial charge >= 0.3 is 0 Å². The first-order valence-electron chi connectivity index (χ1n) is 6.69. The van der Waals surface area contributed by atoms with Crippen LogP contribution in [0.4, 0.5) is 10.1 Å². The van der Waals surface area contributed by atoms with E-state index in [1.54, 1.807) is 18.2 Å². The predicted molar refractivity (Wildman–Crippen MR) is 88.4 cm³/mol. The van der Waals surface area contributed by atoms with Gasteiger partial charge in [0.15, 0.2) is 0 Å². The van der Waals surface area contributed by atoms with Gasteiger partial charge in [0.1, 0.15) is 11.6 Å². The minimum Gasteiger partial charge on any atom is -0.492 e. The van der Waals surface area contributed by atoms with E-state index in [1.165, 1.54) is 23.9 Å². The summed E-state index contributed by atoms with van der Waals surface area (Å²) in [6.45, 7) is 2.41. The molecule has 6 heteroatoms. The smallest absolute Gasteiger partial charge is 0.234 e. The Bertz CT molecular complexity index is 666. The average Bonchev–Trinajstić information content (AvgIpc) is 2.51. The number of carbonyl (C=O) groups excluding carboxylic acids is 1. The Labute approximate surface area is 137 Å². The van der Waals surface area contributed by atoms with E-state index < -0.39 is 5.82 Å². The van der Waals surface area contributed by atoms with Crippen LogP contribution in [-0.4, -0.2) is 18.3 Å². The number of nitrogens with one attached hydrogen (secondary N) is 1. The van der Waals surface area contributed by atoms with Gasteiger partial charge in [-0.15, -0.1) is 11.8 Å². The second-order valence-electron chi connectivity index (χ2n) is 4.34. The van der Waals surface area contributed by atoms with Crippen LogP contribution in [0.25, 0.3) is 0 Å². The number of hydrogen-bond acceptors (Lipinski definition) is 3. The second-order valence-corrected chi connectivity index (χ2v) is 5.80. The van der Waals surface area contributed by atoms with Crippen molar-refractivity contribution in [3.8, 4) is 5.75 Å². The fourth-order valence-corrected chi connectivity index (χ4v) is 2.73. The molecule has 116 valence electrons. The van der Waals surface area contributed by atoms with Gasteiger partial charge in [-0.3, -0.25) is 4.79 Å². The van der Waals surface area contributed by atoms with Crippen molar-refractivity contribution in [1.29, 1.82) is 0 Å². The highest BCUT2D eigenvalue weighted by molar-refractivity contribution is 8.00. The quantitative estimate of drug-likeness (QED) is 0.781. The van der Waals surface area contributed by atoms with Crippen LogP contribution in [0.3, 0.4) is 0 Å². The lowest BCUT2D eigenvalue weighted by Crippen LogP contribution is -2.14. The Balaban J connectivity index is 1.94. The Hall–Kier alpha value is -1.72. The normalized spacial score (nSPS) is 10.3. The molecule has 2 rings (SSSR count). The fourth-order valence-electron chi connectivity index (χ4n) is 1.75. The summed E-state index contributed by atoms with van der Waals surface area (Å²) >= 11 is 6.99. The largest absolute Gasteiger partial charge is 0.492 e. The van der Waals surface area contributed by atoms with Crippen LogP contribution in [0.2, 0.25) is 5.02 Å². The van der Waals surface area contributed by atoms with Crippen LogP contribution >= 0.6 is 23.4 Å². The van der Waals surface area contributed by atoms with Crippen LogP contribution in [0, 0.1) is 5.82 Å². The molecule has 0 aromatic heterocycles. The van der Waals surface area contributed by atoms with Crippen molar-refractivity contribution in [1.82, 2.24) is 0 Å². The third kappa shape index (κ3) is 4.64. The minimum absolute atomic E-state index is 0.0482. The van der Waals surface area contributed by atoms with E-state index in [0.717, 1.165) is 4.90 Å². The highest BCUT2D eigenvalue weighted by Gasteiger charge is 2.09. The molecule has 0 spiro atoms. The van der Waals surface area contributed by atoms with Crippen molar-refractivity contribution >= 4 is 35.0 Å². The second kappa shape index (κ2) is 8.06. The number of ether oxygens (including phenoxy) is 1. The van der Waals surface area contributed by atoms with Gasteiger partial charge in [0, 0.05) is 4.90 Å². The maximum absolute atomic E-state index is 13.1. The molecule has 0 aliphatic rings. The lowest BCUT2D eigenvalue weighted by Gasteiger charge is -2.11. The molecule has 2 aromatic rings. The first-order chi connectivity index (χ1) is 10.6. The number of benzene rings is 2. The number of halogens is 2. The summed E-state index contributed by atoms with van der Waals surface area (Å²) in [5.41, 5.74) is 0.632. The Morgan fingerprint density at radius 2 is 2.09 bits per heavy atom. The van der Waals surface area contributed by atoms with E-state index >= 15 is 0 Å². The molecule has 0 aliphatic heterocycles. The molecule has 0 atom stereocenters. The maximum atomic E-state index is 13.1. The van der Waals surface area contributed by atoms with Gasteiger partial charge < -0.3 is 10.1 Å². The van der Waals surface area contributed by atoms with Crippen molar-refractivity contribution in [2.75, 3.05) is 17.7 Å². The van der Waals surface area contributed by atoms with Gasteiger partial charge in [0.2, 0.25) is 5.91 Å². The SMILES string of the molecule is CCOc1ccccc1NC(=O)CSc1ccc(F)c(Cl)c1. The van der Waals surface area contributed by atoms with Crippen molar-refractivity contribution in [3.63, 3.8) is 0 Å². The van der Waals surface area contributed by atoms with Crippen LogP contribution in [0.1, 0.15) is 6.92 Å². The fraction of sp³-hybridized carbons (Fsp3) is 0.188. The van der Waals surface area contributed by atoms with Crippen molar-refractivity contribution in [3.05, 3.63) is 53.3 Å². The summed E-state index contributed by atoms with van der Waals surface area (Å²) in [4.78, 5) is 12.7. The molecule has 0 unspecified atom stereocenters. The Kier molecular flexibility index (Phi) is 6.10. The molecule has 0 fully saturated rings. The molecule has 2 aromatic carbocycles. The molecule has 3 nitrogen and oxygen atoms in total. The van der Waals surface area contributed by atoms with Gasteiger partial charge in [-0.1, -0.05) is 23.7 Å². The number of amides is 1. The number of hydrogen-bond donors (Lipinski definition) is 1. The number of anilines is 1. The lowest BCUT2D eigenvalue weighted by molar-refractivity contribution is -0.113. The summed E-state index contributed by atoms with van der Waals surface area (Å²) in [6, 6.07) is 11.6. The van der Waals surface area contributed by atoms with Gasteiger partial charge in [-0.05, 0) is 37.3 Å². The zero-order valence-corrected chi connectivity index (χ0v) is 13.5. The minimum atomic E-state index is -0.471. The predicted octanol–water partition coefficient (Wildman–Crippen LogP) is 4.61. The number of thioether (sulfide) groups is 1. The average molecular weight is 340 g/mol. The molecule has 0 radical (unpaired) electrons. The number of rotatable bonds is 6. The van der Waals surface area contributed by atoms with Gasteiger partial charge in [0.25, 0.3) is 0 Å². The third-order valence-corrected chi connectivity index (χ3v) is 4.01. The Morgan fingerprint density at radius 1 is 1.32 bits per heavy atom. The van der Waals surface area contributed by atoms with E-state index in [0.29, 0.717) is 18.0 Å². The molecule has 22 heavy (non-hydrogen) atoms. The summed E-state index contributed by atoms with van der Waals surface area (Å²) < 4.78 is 18.5. The molecule has 0 heterocycles. The number of para-hydroxylation sites is 2. The van der Waals surface area contributed by atoms with Crippen LogP contribution in [0.15, 0.2) is 47.4 Å². The summed E-state index contributed by atoms with van der Waals surface area (Å²) in [5.74, 6) is 0.189. The molecule has 1 amide bonds. The Morgan fingerprint density at radius 3 is 2.82 bits per heavy atom. The zero-order valence-electron chi connectivity index (χ0n) is 11.9. The molecule has 1 N–H and O–H groups in total. The molecule has 0 saturated heterocycles. The monoisotopic (exact) mass is 339 g/mol. The standard InChI is InChI=1S/C16H15ClFNO2S/c1-2-21-15-6-4-3-5-14(15)19-16(20)10-22-11-7-8-13(18)12(17)9-11/h3-9H,2,10H2,1H3,(H,19,20). The van der Waals surface area contributed by atoms with E-state index in [2.05, 4.69) is 5.32 Å². The third-order valence-electron chi connectivity index (χ3n) is 2.72. The topological polar surface area (TPSA) is 38.3 Å². The van der Waals surface area contributed by atoms with E-state index in [-0.39, 0.29) is 16.7 Å². The van der Waals surface area contributed by atoms with Gasteiger partial charge in [-0.2, -0.15) is 0 Å². The van der Waals surface area contributed by atoms with Crippen molar-refractivity contribution in [2.24, 2.45) is 0 Å². The van der Waals surface area contributed by atoms with Crippen LogP contribution < -0.4 is 10.1 Å². The summed E-state index contributed by atoms with van der Waals surface area (Å²) in [6.07, 6.45) is 0. The van der Waals surface area contributed by atoms with Crippen LogP contribution in [0.5, 0.6) is 5.75 Å². The van der Waals surface area contributed by atoms with E-state index in [9.17, 15) is 9.18 Å². The molecular weight excluding hydrogens is 325 g/mol. The van der Waals surface area contributed by atoms with Gasteiger partial charge in [0.05, 0.1) is 23.1 Å². The zero-order chi connectivity index (χ0) is 15.9. The highest BCUT2D eigenvalue weighted by Crippen LogP contribution is 2.26. The summed E-state index contributed by atoms with van der Waals surface area (Å²) in [5, 5.41) is 2.85. The molecule has 0 bridgehead atoms. The van der Waals surface area contributed by atoms with E-state index in [4.69, 9.17) is 16.3 Å². The van der Waals surface area contributed by atoms with Crippen LogP contribution in [-0.2, 0) is 4.79 Å². The first kappa shape index (κ1) is 16.6. The lowest BCUT2D eigenvalue weighted by atomic mass is 10.3. The molecule has 0 aliphatic carbocycles. The summed E-state index contributed by atoms with van der Waals surface area (Å²) in [7, 11) is 0. The van der Waals surface area contributed by atoms with Gasteiger partial charge in [-0.25, -0.2) is 4.39 Å². The van der Waals surface area contributed by atoms with Crippen molar-refractivity contribution < 1.29 is 13.9 Å². The highest BCUT2D eigenvalue weighted by atomic mass is 35.5. The maximum Gasteiger partial charge on any atom is 0.234 e. The molecule has 0 saturated carbocycles.